The third-order valence-corrected chi connectivity index (χ3v) is 5.51. The average Bonchev–Trinajstić information content (AvgIpc) is 3.50. The van der Waals surface area contributed by atoms with Gasteiger partial charge < -0.3 is 10.6 Å². The van der Waals surface area contributed by atoms with Gasteiger partial charge in [-0.2, -0.15) is 23.1 Å². The predicted molar refractivity (Wildman–Crippen MR) is 123 cm³/mol. The minimum atomic E-state index is -4.49. The Morgan fingerprint density at radius 2 is 2.00 bits per heavy atom. The largest absolute Gasteiger partial charge is 0.405 e. The summed E-state index contributed by atoms with van der Waals surface area (Å²) in [5, 5.41) is 14.1. The number of nitrogens with zero attached hydrogens (tertiary/aromatic N) is 6. The van der Waals surface area contributed by atoms with Crippen LogP contribution < -0.4 is 21.0 Å². The van der Waals surface area contributed by atoms with Crippen LogP contribution in [-0.2, 0) is 0 Å². The number of aromatic nitrogens is 5. The van der Waals surface area contributed by atoms with Crippen molar-refractivity contribution in [3.05, 3.63) is 55.4 Å². The van der Waals surface area contributed by atoms with Gasteiger partial charge in [0.25, 0.3) is 0 Å². The van der Waals surface area contributed by atoms with Crippen molar-refractivity contribution in [1.82, 2.24) is 34.9 Å². The van der Waals surface area contributed by atoms with Crippen molar-refractivity contribution in [2.75, 3.05) is 36.6 Å². The molecule has 3 N–H and O–H groups in total. The van der Waals surface area contributed by atoms with Crippen LogP contribution in [0, 0.1) is 0 Å². The van der Waals surface area contributed by atoms with Crippen LogP contribution in [0.2, 0.25) is 0 Å². The van der Waals surface area contributed by atoms with Gasteiger partial charge in [0, 0.05) is 30.1 Å². The van der Waals surface area contributed by atoms with Crippen molar-refractivity contribution in [3.8, 4) is 22.4 Å². The fraction of sp³-hybridized carbons (Fsp3) is 0.273. The lowest BCUT2D eigenvalue weighted by Gasteiger charge is -2.28. The molecule has 1 aliphatic heterocycles. The Labute approximate surface area is 197 Å². The van der Waals surface area contributed by atoms with Gasteiger partial charge >= 0.3 is 12.2 Å². The van der Waals surface area contributed by atoms with Gasteiger partial charge in [-0.05, 0) is 36.7 Å². The normalized spacial score (nSPS) is 14.3. The maximum atomic E-state index is 12.3. The lowest BCUT2D eigenvalue weighted by Crippen LogP contribution is -2.48. The lowest BCUT2D eigenvalue weighted by atomic mass is 10.1. The fourth-order valence-electron chi connectivity index (χ4n) is 3.84. The molecule has 1 fully saturated rings. The molecule has 0 spiro atoms. The fourth-order valence-corrected chi connectivity index (χ4v) is 3.84. The number of rotatable bonds is 5. The third kappa shape index (κ3) is 5.19. The Kier molecular flexibility index (Phi) is 5.99. The number of hydrogen-bond donors (Lipinski definition) is 3. The molecule has 4 aromatic rings. The van der Waals surface area contributed by atoms with E-state index < -0.39 is 18.8 Å². The minimum absolute atomic E-state index is 0.258. The second-order valence-electron chi connectivity index (χ2n) is 8.06. The van der Waals surface area contributed by atoms with E-state index in [-0.39, 0.29) is 5.69 Å². The van der Waals surface area contributed by atoms with E-state index in [4.69, 9.17) is 0 Å². The van der Waals surface area contributed by atoms with Gasteiger partial charge in [-0.25, -0.2) is 9.78 Å². The SMILES string of the molecule is O=C(NCC(F)(F)F)Nc1cncc(-c2cnc3cc(-c4cnn(N5CCCNC5)c4)ccn23)c1. The van der Waals surface area contributed by atoms with Crippen LogP contribution in [0.4, 0.5) is 23.7 Å². The summed E-state index contributed by atoms with van der Waals surface area (Å²) in [5.41, 5.74) is 4.23. The molecule has 0 radical (unpaired) electrons. The van der Waals surface area contributed by atoms with Gasteiger partial charge in [0.05, 0.1) is 42.8 Å². The van der Waals surface area contributed by atoms with Gasteiger partial charge in [-0.1, -0.05) is 0 Å². The summed E-state index contributed by atoms with van der Waals surface area (Å²) in [6.45, 7) is 1.26. The van der Waals surface area contributed by atoms with Crippen molar-refractivity contribution in [2.24, 2.45) is 0 Å². The molecule has 0 atom stereocenters. The molecular weight excluding hydrogens is 463 g/mol. The summed E-state index contributed by atoms with van der Waals surface area (Å²) in [5.74, 6) is 0. The highest BCUT2D eigenvalue weighted by atomic mass is 19.4. The topological polar surface area (TPSA) is 104 Å². The summed E-state index contributed by atoms with van der Waals surface area (Å²) in [7, 11) is 0. The van der Waals surface area contributed by atoms with E-state index in [1.54, 1.807) is 23.8 Å². The number of halogens is 3. The molecule has 4 aromatic heterocycles. The Bertz CT molecular complexity index is 1340. The zero-order valence-corrected chi connectivity index (χ0v) is 18.5. The van der Waals surface area contributed by atoms with Gasteiger partial charge in [-0.15, -0.1) is 0 Å². The number of alkyl halides is 3. The summed E-state index contributed by atoms with van der Waals surface area (Å²) >= 11 is 0. The standard InChI is InChI=1S/C22H22F3N9O/c23-22(24,25)13-29-21(35)31-18-6-16(8-27-10-18)19-11-28-20-7-15(2-5-33(19)20)17-9-30-34(12-17)32-4-1-3-26-14-32/h2,5-12,26H,1,3-4,13-14H2,(H2,29,31,35). The van der Waals surface area contributed by atoms with Gasteiger partial charge in [0.2, 0.25) is 0 Å². The number of imidazole rings is 1. The van der Waals surface area contributed by atoms with Crippen LogP contribution >= 0.6 is 0 Å². The molecule has 0 saturated carbocycles. The maximum absolute atomic E-state index is 12.3. The van der Waals surface area contributed by atoms with Crippen LogP contribution in [0.3, 0.4) is 0 Å². The second kappa shape index (κ2) is 9.25. The molecule has 1 saturated heterocycles. The zero-order valence-electron chi connectivity index (χ0n) is 18.5. The van der Waals surface area contributed by atoms with Crippen molar-refractivity contribution < 1.29 is 18.0 Å². The number of carbonyl (C=O) groups excluding carboxylic acids is 1. The highest BCUT2D eigenvalue weighted by Gasteiger charge is 2.27. The molecule has 182 valence electrons. The van der Waals surface area contributed by atoms with E-state index >= 15 is 0 Å². The highest BCUT2D eigenvalue weighted by Crippen LogP contribution is 2.26. The number of amides is 2. The molecule has 0 aromatic carbocycles. The van der Waals surface area contributed by atoms with Crippen LogP contribution in [0.15, 0.2) is 55.4 Å². The van der Waals surface area contributed by atoms with Gasteiger partial charge in [0.15, 0.2) is 0 Å². The minimum Gasteiger partial charge on any atom is -0.329 e. The Morgan fingerprint density at radius 1 is 1.11 bits per heavy atom. The molecular formula is C22H22F3N9O. The molecule has 5 heterocycles. The van der Waals surface area contributed by atoms with Crippen molar-refractivity contribution in [1.29, 1.82) is 0 Å². The number of anilines is 1. The van der Waals surface area contributed by atoms with E-state index in [0.717, 1.165) is 37.3 Å². The highest BCUT2D eigenvalue weighted by molar-refractivity contribution is 5.89. The number of fused-ring (bicyclic) bond motifs is 1. The molecule has 1 aliphatic rings. The zero-order chi connectivity index (χ0) is 24.4. The van der Waals surface area contributed by atoms with Crippen molar-refractivity contribution in [3.63, 3.8) is 0 Å². The third-order valence-electron chi connectivity index (χ3n) is 5.51. The summed E-state index contributed by atoms with van der Waals surface area (Å²) in [6, 6.07) is 4.55. The Balaban J connectivity index is 1.34. The van der Waals surface area contributed by atoms with Crippen molar-refractivity contribution >= 4 is 17.4 Å². The quantitative estimate of drug-likeness (QED) is 0.402. The molecule has 35 heavy (non-hydrogen) atoms. The predicted octanol–water partition coefficient (Wildman–Crippen LogP) is 2.83. The van der Waals surface area contributed by atoms with E-state index in [1.165, 1.54) is 6.20 Å². The van der Waals surface area contributed by atoms with E-state index in [9.17, 15) is 18.0 Å². The first kappa shape index (κ1) is 22.7. The van der Waals surface area contributed by atoms with Crippen LogP contribution in [0.5, 0.6) is 0 Å². The average molecular weight is 485 g/mol. The van der Waals surface area contributed by atoms with Crippen LogP contribution in [0.1, 0.15) is 6.42 Å². The summed E-state index contributed by atoms with van der Waals surface area (Å²) in [4.78, 5) is 22.2. The van der Waals surface area contributed by atoms with Gasteiger partial charge in [0.1, 0.15) is 12.2 Å². The molecule has 10 nitrogen and oxygen atoms in total. The first-order valence-electron chi connectivity index (χ1n) is 10.9. The molecule has 13 heteroatoms. The number of hydrogen-bond acceptors (Lipinski definition) is 6. The molecule has 0 bridgehead atoms. The first-order chi connectivity index (χ1) is 16.9. The first-order valence-corrected chi connectivity index (χ1v) is 10.9. The Hall–Kier alpha value is -4.13. The number of carbonyl (C=O) groups is 1. The van der Waals surface area contributed by atoms with Crippen LogP contribution in [0.25, 0.3) is 28.0 Å². The summed E-state index contributed by atoms with van der Waals surface area (Å²) in [6.07, 6.45) is 6.85. The molecule has 0 aliphatic carbocycles. The van der Waals surface area contributed by atoms with Crippen LogP contribution in [-0.4, -0.2) is 62.8 Å². The molecule has 2 amide bonds. The maximum Gasteiger partial charge on any atom is 0.405 e. The van der Waals surface area contributed by atoms with Gasteiger partial charge in [-0.3, -0.25) is 19.7 Å². The van der Waals surface area contributed by atoms with E-state index in [1.807, 2.05) is 39.9 Å². The Morgan fingerprint density at radius 3 is 2.80 bits per heavy atom. The summed E-state index contributed by atoms with van der Waals surface area (Å²) < 4.78 is 38.8. The number of pyridine rings is 2. The van der Waals surface area contributed by atoms with Crippen molar-refractivity contribution in [2.45, 2.75) is 12.6 Å². The lowest BCUT2D eigenvalue weighted by molar-refractivity contribution is -0.122. The number of urea groups is 1. The number of nitrogens with one attached hydrogen (secondary N) is 3. The van der Waals surface area contributed by atoms with E-state index in [2.05, 4.69) is 30.7 Å². The molecule has 5 rings (SSSR count). The second-order valence-corrected chi connectivity index (χ2v) is 8.06. The smallest absolute Gasteiger partial charge is 0.329 e. The monoisotopic (exact) mass is 485 g/mol. The van der Waals surface area contributed by atoms with E-state index in [0.29, 0.717) is 16.9 Å². The molecule has 0 unspecified atom stereocenters.